The van der Waals surface area contributed by atoms with Crippen LogP contribution in [-0.4, -0.2) is 71.1 Å². The molecule has 0 unspecified atom stereocenters. The van der Waals surface area contributed by atoms with Crippen molar-refractivity contribution in [3.05, 3.63) is 24.8 Å². The molecule has 3 heterocycles. The standard InChI is InChI=1S/C19H31N7O/c1-14(2)9-25-10-15(8-22-25)23-18-7-19(21-13-20-18)26-12-17(27-5)6-16(26)11-24(3)4/h7-8,10,13-14,16-17H,6,9,11-12H2,1-5H3,(H,20,21,23)/t16-,17-/m0/s1. The average molecular weight is 374 g/mol. The lowest BCUT2D eigenvalue weighted by atomic mass is 10.2. The van der Waals surface area contributed by atoms with Gasteiger partial charge in [-0.05, 0) is 26.4 Å². The van der Waals surface area contributed by atoms with Gasteiger partial charge in [-0.15, -0.1) is 0 Å². The number of hydrogen-bond acceptors (Lipinski definition) is 7. The van der Waals surface area contributed by atoms with E-state index in [2.05, 4.69) is 58.1 Å². The van der Waals surface area contributed by atoms with Crippen LogP contribution in [0.2, 0.25) is 0 Å². The molecule has 0 saturated carbocycles. The smallest absolute Gasteiger partial charge is 0.135 e. The first-order chi connectivity index (χ1) is 12.9. The molecule has 0 bridgehead atoms. The number of ether oxygens (including phenoxy) is 1. The Morgan fingerprint density at radius 3 is 2.85 bits per heavy atom. The summed E-state index contributed by atoms with van der Waals surface area (Å²) in [7, 11) is 5.98. The summed E-state index contributed by atoms with van der Waals surface area (Å²) in [6, 6.07) is 2.38. The quantitative estimate of drug-likeness (QED) is 0.761. The maximum absolute atomic E-state index is 5.60. The molecule has 148 valence electrons. The van der Waals surface area contributed by atoms with Gasteiger partial charge in [0, 0.05) is 45.0 Å². The Morgan fingerprint density at radius 1 is 1.33 bits per heavy atom. The molecule has 0 aromatic carbocycles. The van der Waals surface area contributed by atoms with E-state index in [0.29, 0.717) is 12.0 Å². The van der Waals surface area contributed by atoms with Gasteiger partial charge in [0.25, 0.3) is 0 Å². The number of hydrogen-bond donors (Lipinski definition) is 1. The van der Waals surface area contributed by atoms with E-state index in [1.807, 2.05) is 23.1 Å². The fourth-order valence-electron chi connectivity index (χ4n) is 3.54. The number of nitrogens with zero attached hydrogens (tertiary/aromatic N) is 6. The van der Waals surface area contributed by atoms with Crippen LogP contribution in [0.5, 0.6) is 0 Å². The van der Waals surface area contributed by atoms with Crippen molar-refractivity contribution in [3.8, 4) is 0 Å². The van der Waals surface area contributed by atoms with Crippen LogP contribution in [-0.2, 0) is 11.3 Å². The summed E-state index contributed by atoms with van der Waals surface area (Å²) in [4.78, 5) is 13.4. The van der Waals surface area contributed by atoms with Crippen LogP contribution < -0.4 is 10.2 Å². The van der Waals surface area contributed by atoms with Gasteiger partial charge in [-0.2, -0.15) is 5.10 Å². The molecule has 1 saturated heterocycles. The summed E-state index contributed by atoms with van der Waals surface area (Å²) in [5.41, 5.74) is 0.932. The van der Waals surface area contributed by atoms with E-state index >= 15 is 0 Å². The van der Waals surface area contributed by atoms with Gasteiger partial charge in [0.05, 0.1) is 18.0 Å². The lowest BCUT2D eigenvalue weighted by Crippen LogP contribution is -2.38. The predicted octanol–water partition coefficient (Wildman–Crippen LogP) is 2.23. The van der Waals surface area contributed by atoms with Gasteiger partial charge in [0.15, 0.2) is 0 Å². The number of rotatable bonds is 8. The highest BCUT2D eigenvalue weighted by molar-refractivity contribution is 5.58. The summed E-state index contributed by atoms with van der Waals surface area (Å²) in [6.45, 7) is 7.07. The minimum Gasteiger partial charge on any atom is -0.380 e. The SMILES string of the molecule is CO[C@H]1C[C@@H](CN(C)C)N(c2cc(Nc3cnn(CC(C)C)c3)ncn2)C1. The van der Waals surface area contributed by atoms with Crippen molar-refractivity contribution in [2.75, 3.05) is 44.5 Å². The predicted molar refractivity (Wildman–Crippen MR) is 107 cm³/mol. The highest BCUT2D eigenvalue weighted by Crippen LogP contribution is 2.27. The number of anilines is 3. The molecule has 2 aromatic heterocycles. The van der Waals surface area contributed by atoms with Crippen molar-refractivity contribution in [3.63, 3.8) is 0 Å². The molecule has 8 heteroatoms. The van der Waals surface area contributed by atoms with Gasteiger partial charge < -0.3 is 19.9 Å². The van der Waals surface area contributed by atoms with E-state index < -0.39 is 0 Å². The van der Waals surface area contributed by atoms with Crippen LogP contribution >= 0.6 is 0 Å². The van der Waals surface area contributed by atoms with E-state index in [9.17, 15) is 0 Å². The Kier molecular flexibility index (Phi) is 6.28. The van der Waals surface area contributed by atoms with Crippen molar-refractivity contribution in [2.24, 2.45) is 5.92 Å². The van der Waals surface area contributed by atoms with Crippen molar-refractivity contribution in [1.82, 2.24) is 24.6 Å². The zero-order valence-electron chi connectivity index (χ0n) is 17.0. The lowest BCUT2D eigenvalue weighted by molar-refractivity contribution is 0.117. The molecular formula is C19H31N7O. The molecule has 1 aliphatic rings. The number of nitrogens with one attached hydrogen (secondary N) is 1. The highest BCUT2D eigenvalue weighted by Gasteiger charge is 2.33. The second-order valence-electron chi connectivity index (χ2n) is 7.89. The molecule has 0 spiro atoms. The third kappa shape index (κ3) is 5.17. The molecule has 3 rings (SSSR count). The van der Waals surface area contributed by atoms with Crippen LogP contribution in [0, 0.1) is 5.92 Å². The maximum atomic E-state index is 5.60. The van der Waals surface area contributed by atoms with Crippen LogP contribution in [0.25, 0.3) is 0 Å². The van der Waals surface area contributed by atoms with Crippen molar-refractivity contribution >= 4 is 17.3 Å². The van der Waals surface area contributed by atoms with Gasteiger partial charge in [-0.25, -0.2) is 9.97 Å². The summed E-state index contributed by atoms with van der Waals surface area (Å²) in [5.74, 6) is 2.25. The lowest BCUT2D eigenvalue weighted by Gasteiger charge is -2.27. The van der Waals surface area contributed by atoms with E-state index in [4.69, 9.17) is 4.74 Å². The van der Waals surface area contributed by atoms with E-state index in [-0.39, 0.29) is 6.10 Å². The molecule has 1 aliphatic heterocycles. The fourth-order valence-corrected chi connectivity index (χ4v) is 3.54. The topological polar surface area (TPSA) is 71.3 Å². The molecule has 27 heavy (non-hydrogen) atoms. The maximum Gasteiger partial charge on any atom is 0.135 e. The van der Waals surface area contributed by atoms with Gasteiger partial charge in [0.1, 0.15) is 18.0 Å². The zero-order valence-corrected chi connectivity index (χ0v) is 17.0. The minimum absolute atomic E-state index is 0.232. The van der Waals surface area contributed by atoms with E-state index in [1.54, 1.807) is 13.4 Å². The normalized spacial score (nSPS) is 20.0. The Hall–Kier alpha value is -2.19. The Bertz CT molecular complexity index is 730. The molecule has 0 aliphatic carbocycles. The third-order valence-electron chi connectivity index (χ3n) is 4.69. The molecule has 2 aromatic rings. The van der Waals surface area contributed by atoms with Gasteiger partial charge in [-0.3, -0.25) is 4.68 Å². The molecule has 0 amide bonds. The van der Waals surface area contributed by atoms with Crippen LogP contribution in [0.4, 0.5) is 17.3 Å². The van der Waals surface area contributed by atoms with Crippen LogP contribution in [0.1, 0.15) is 20.3 Å². The number of methoxy groups -OCH3 is 1. The fraction of sp³-hybridized carbons (Fsp3) is 0.632. The van der Waals surface area contributed by atoms with Crippen molar-refractivity contribution in [1.29, 1.82) is 0 Å². The van der Waals surface area contributed by atoms with Crippen molar-refractivity contribution < 1.29 is 4.74 Å². The highest BCUT2D eigenvalue weighted by atomic mass is 16.5. The minimum atomic E-state index is 0.232. The summed E-state index contributed by atoms with van der Waals surface area (Å²) in [6.07, 6.45) is 6.69. The summed E-state index contributed by atoms with van der Waals surface area (Å²) in [5, 5.41) is 7.74. The van der Waals surface area contributed by atoms with Crippen LogP contribution in [0.15, 0.2) is 24.8 Å². The molecular weight excluding hydrogens is 342 g/mol. The second-order valence-corrected chi connectivity index (χ2v) is 7.89. The van der Waals surface area contributed by atoms with E-state index in [1.165, 1.54) is 0 Å². The Labute approximate surface area is 161 Å². The Balaban J connectivity index is 1.73. The monoisotopic (exact) mass is 373 g/mol. The van der Waals surface area contributed by atoms with E-state index in [0.717, 1.165) is 43.4 Å². The molecule has 0 radical (unpaired) electrons. The number of likely N-dealkylation sites (N-methyl/N-ethyl adjacent to an activating group) is 1. The first kappa shape index (κ1) is 19.6. The molecule has 8 nitrogen and oxygen atoms in total. The second kappa shape index (κ2) is 8.67. The zero-order chi connectivity index (χ0) is 19.4. The summed E-state index contributed by atoms with van der Waals surface area (Å²) >= 11 is 0. The van der Waals surface area contributed by atoms with Gasteiger partial charge in [0.2, 0.25) is 0 Å². The molecule has 1 fully saturated rings. The largest absolute Gasteiger partial charge is 0.380 e. The summed E-state index contributed by atoms with van der Waals surface area (Å²) < 4.78 is 7.55. The third-order valence-corrected chi connectivity index (χ3v) is 4.69. The van der Waals surface area contributed by atoms with Crippen molar-refractivity contribution in [2.45, 2.75) is 39.0 Å². The molecule has 2 atom stereocenters. The van der Waals surface area contributed by atoms with Gasteiger partial charge in [-0.1, -0.05) is 13.8 Å². The molecule has 1 N–H and O–H groups in total. The Morgan fingerprint density at radius 2 is 2.15 bits per heavy atom. The first-order valence-electron chi connectivity index (χ1n) is 9.50. The van der Waals surface area contributed by atoms with Gasteiger partial charge >= 0.3 is 0 Å². The van der Waals surface area contributed by atoms with Crippen LogP contribution in [0.3, 0.4) is 0 Å². The number of aromatic nitrogens is 4. The average Bonchev–Trinajstić information content (AvgIpc) is 3.21. The first-order valence-corrected chi connectivity index (χ1v) is 9.50.